The van der Waals surface area contributed by atoms with Crippen LogP contribution in [0.4, 0.5) is 18.3 Å². The fourth-order valence-electron chi connectivity index (χ4n) is 2.60. The minimum absolute atomic E-state index is 0.143. The number of carbonyl (C=O) groups is 2. The SMILES string of the molecule is COc1ccc(-c2csc(NC(=O)COC(=O)Cc3cccc(C(F)(F)F)c3)n2)cc1. The highest BCUT2D eigenvalue weighted by Gasteiger charge is 2.30. The molecule has 162 valence electrons. The molecule has 0 aliphatic heterocycles. The predicted molar refractivity (Wildman–Crippen MR) is 109 cm³/mol. The maximum atomic E-state index is 12.7. The van der Waals surface area contributed by atoms with E-state index in [0.29, 0.717) is 16.6 Å². The van der Waals surface area contributed by atoms with Gasteiger partial charge in [0, 0.05) is 10.9 Å². The minimum atomic E-state index is -4.50. The van der Waals surface area contributed by atoms with Crippen molar-refractivity contribution in [2.45, 2.75) is 12.6 Å². The first kappa shape index (κ1) is 22.3. The molecule has 1 aromatic heterocycles. The zero-order valence-electron chi connectivity index (χ0n) is 16.2. The fourth-order valence-corrected chi connectivity index (χ4v) is 3.34. The number of hydrogen-bond acceptors (Lipinski definition) is 6. The van der Waals surface area contributed by atoms with Crippen molar-refractivity contribution in [3.05, 3.63) is 65.0 Å². The zero-order valence-corrected chi connectivity index (χ0v) is 17.0. The van der Waals surface area contributed by atoms with E-state index in [1.807, 2.05) is 12.1 Å². The molecule has 0 saturated carbocycles. The largest absolute Gasteiger partial charge is 0.497 e. The monoisotopic (exact) mass is 450 g/mol. The van der Waals surface area contributed by atoms with Gasteiger partial charge in [-0.05, 0) is 35.9 Å². The van der Waals surface area contributed by atoms with Gasteiger partial charge in [-0.2, -0.15) is 13.2 Å². The second kappa shape index (κ2) is 9.61. The first-order valence-electron chi connectivity index (χ1n) is 8.96. The maximum Gasteiger partial charge on any atom is 0.416 e. The summed E-state index contributed by atoms with van der Waals surface area (Å²) in [6.45, 7) is -0.574. The van der Waals surface area contributed by atoms with Crippen LogP contribution < -0.4 is 10.1 Å². The number of aromatic nitrogens is 1. The topological polar surface area (TPSA) is 77.5 Å². The summed E-state index contributed by atoms with van der Waals surface area (Å²) in [5.41, 5.74) is 0.783. The summed E-state index contributed by atoms with van der Waals surface area (Å²) in [6.07, 6.45) is -4.88. The highest BCUT2D eigenvalue weighted by Crippen LogP contribution is 2.29. The summed E-state index contributed by atoms with van der Waals surface area (Å²) >= 11 is 1.20. The summed E-state index contributed by atoms with van der Waals surface area (Å²) in [4.78, 5) is 28.2. The Morgan fingerprint density at radius 3 is 2.55 bits per heavy atom. The Kier molecular flexibility index (Phi) is 6.91. The lowest BCUT2D eigenvalue weighted by Crippen LogP contribution is -2.21. The number of benzene rings is 2. The van der Waals surface area contributed by atoms with Gasteiger partial charge in [-0.3, -0.25) is 14.9 Å². The van der Waals surface area contributed by atoms with Crippen molar-refractivity contribution in [1.29, 1.82) is 0 Å². The Balaban J connectivity index is 1.50. The number of nitrogens with one attached hydrogen (secondary N) is 1. The normalized spacial score (nSPS) is 11.1. The smallest absolute Gasteiger partial charge is 0.416 e. The summed E-state index contributed by atoms with van der Waals surface area (Å²) < 4.78 is 48.1. The first-order chi connectivity index (χ1) is 14.7. The van der Waals surface area contributed by atoms with E-state index in [1.165, 1.54) is 23.5 Å². The third-order valence-electron chi connectivity index (χ3n) is 4.10. The van der Waals surface area contributed by atoms with Gasteiger partial charge in [-0.15, -0.1) is 11.3 Å². The van der Waals surface area contributed by atoms with E-state index < -0.39 is 30.2 Å². The van der Waals surface area contributed by atoms with Gasteiger partial charge in [-0.25, -0.2) is 4.98 Å². The number of esters is 1. The van der Waals surface area contributed by atoms with E-state index in [2.05, 4.69) is 10.3 Å². The van der Waals surface area contributed by atoms with Crippen LogP contribution in [0.25, 0.3) is 11.3 Å². The van der Waals surface area contributed by atoms with Crippen molar-refractivity contribution >= 4 is 28.3 Å². The molecule has 0 fully saturated rings. The number of methoxy groups -OCH3 is 1. The van der Waals surface area contributed by atoms with Crippen molar-refractivity contribution in [2.24, 2.45) is 0 Å². The molecule has 0 bridgehead atoms. The van der Waals surface area contributed by atoms with E-state index in [0.717, 1.165) is 17.7 Å². The molecular weight excluding hydrogens is 433 g/mol. The average molecular weight is 450 g/mol. The maximum absolute atomic E-state index is 12.7. The highest BCUT2D eigenvalue weighted by atomic mass is 32.1. The number of ether oxygens (including phenoxy) is 2. The highest BCUT2D eigenvalue weighted by molar-refractivity contribution is 7.14. The molecule has 2 aromatic carbocycles. The molecule has 0 radical (unpaired) electrons. The average Bonchev–Trinajstić information content (AvgIpc) is 3.20. The van der Waals surface area contributed by atoms with E-state index >= 15 is 0 Å². The summed E-state index contributed by atoms with van der Waals surface area (Å²) in [7, 11) is 1.57. The molecule has 0 aliphatic rings. The van der Waals surface area contributed by atoms with Crippen molar-refractivity contribution < 1.29 is 32.2 Å². The quantitative estimate of drug-likeness (QED) is 0.534. The molecule has 3 rings (SSSR count). The number of carbonyl (C=O) groups excluding carboxylic acids is 2. The van der Waals surface area contributed by atoms with E-state index in [4.69, 9.17) is 9.47 Å². The van der Waals surface area contributed by atoms with Gasteiger partial charge < -0.3 is 9.47 Å². The number of rotatable bonds is 7. The number of halogens is 3. The molecule has 1 N–H and O–H groups in total. The molecular formula is C21H17F3N2O4S. The Morgan fingerprint density at radius 2 is 1.87 bits per heavy atom. The Hall–Kier alpha value is -3.40. The van der Waals surface area contributed by atoms with Crippen LogP contribution in [0.5, 0.6) is 5.75 Å². The molecule has 10 heteroatoms. The summed E-state index contributed by atoms with van der Waals surface area (Å²) in [5.74, 6) is -0.708. The van der Waals surface area contributed by atoms with Crippen LogP contribution in [0.2, 0.25) is 0 Å². The van der Waals surface area contributed by atoms with E-state index in [-0.39, 0.29) is 12.0 Å². The van der Waals surface area contributed by atoms with Crippen LogP contribution in [0, 0.1) is 0 Å². The number of hydrogen-bond donors (Lipinski definition) is 1. The van der Waals surface area contributed by atoms with Gasteiger partial charge in [0.1, 0.15) is 5.75 Å². The first-order valence-corrected chi connectivity index (χ1v) is 9.84. The fraction of sp³-hybridized carbons (Fsp3) is 0.190. The minimum Gasteiger partial charge on any atom is -0.497 e. The molecule has 0 unspecified atom stereocenters. The number of nitrogens with zero attached hydrogens (tertiary/aromatic N) is 1. The third kappa shape index (κ3) is 6.29. The molecule has 31 heavy (non-hydrogen) atoms. The lowest BCUT2D eigenvalue weighted by molar-refractivity contribution is -0.146. The predicted octanol–water partition coefficient (Wildman–Crippen LogP) is 4.56. The van der Waals surface area contributed by atoms with Crippen molar-refractivity contribution in [1.82, 2.24) is 4.98 Å². The summed E-state index contributed by atoms with van der Waals surface area (Å²) in [5, 5.41) is 4.61. The van der Waals surface area contributed by atoms with Crippen LogP contribution in [0.3, 0.4) is 0 Å². The van der Waals surface area contributed by atoms with Crippen LogP contribution in [0.1, 0.15) is 11.1 Å². The van der Waals surface area contributed by atoms with Gasteiger partial charge in [0.2, 0.25) is 0 Å². The molecule has 6 nitrogen and oxygen atoms in total. The van der Waals surface area contributed by atoms with Crippen molar-refractivity contribution in [3.63, 3.8) is 0 Å². The van der Waals surface area contributed by atoms with E-state index in [9.17, 15) is 22.8 Å². The lowest BCUT2D eigenvalue weighted by atomic mass is 10.1. The van der Waals surface area contributed by atoms with Crippen LogP contribution in [-0.2, 0) is 26.9 Å². The van der Waals surface area contributed by atoms with Gasteiger partial charge >= 0.3 is 12.1 Å². The number of alkyl halides is 3. The molecule has 1 amide bonds. The molecule has 0 saturated heterocycles. The third-order valence-corrected chi connectivity index (χ3v) is 4.86. The second-order valence-electron chi connectivity index (χ2n) is 6.35. The molecule has 3 aromatic rings. The van der Waals surface area contributed by atoms with Gasteiger partial charge in [-0.1, -0.05) is 18.2 Å². The molecule has 0 atom stereocenters. The van der Waals surface area contributed by atoms with Crippen molar-refractivity contribution in [2.75, 3.05) is 19.0 Å². The van der Waals surface area contributed by atoms with Gasteiger partial charge in [0.15, 0.2) is 11.7 Å². The van der Waals surface area contributed by atoms with Crippen LogP contribution in [0.15, 0.2) is 53.9 Å². The summed E-state index contributed by atoms with van der Waals surface area (Å²) in [6, 6.07) is 11.6. The van der Waals surface area contributed by atoms with Gasteiger partial charge in [0.05, 0.1) is 24.8 Å². The van der Waals surface area contributed by atoms with Gasteiger partial charge in [0.25, 0.3) is 5.91 Å². The molecule has 0 spiro atoms. The van der Waals surface area contributed by atoms with E-state index in [1.54, 1.807) is 24.6 Å². The molecule has 0 aliphatic carbocycles. The van der Waals surface area contributed by atoms with Crippen LogP contribution >= 0.6 is 11.3 Å². The standard InChI is InChI=1S/C21H17F3N2O4S/c1-29-16-7-5-14(6-8-16)17-12-31-20(25-17)26-18(27)11-30-19(28)10-13-3-2-4-15(9-13)21(22,23)24/h2-9,12H,10-11H2,1H3,(H,25,26,27). The second-order valence-corrected chi connectivity index (χ2v) is 7.21. The van der Waals surface area contributed by atoms with Crippen molar-refractivity contribution in [3.8, 4) is 17.0 Å². The zero-order chi connectivity index (χ0) is 22.4. The number of anilines is 1. The lowest BCUT2D eigenvalue weighted by Gasteiger charge is -2.09. The van der Waals surface area contributed by atoms with Crippen LogP contribution in [-0.4, -0.2) is 30.6 Å². The Bertz CT molecular complexity index is 1060. The number of amides is 1. The number of thiazole rings is 1. The molecule has 1 heterocycles. The Morgan fingerprint density at radius 1 is 1.13 bits per heavy atom. The Labute approximate surface area is 179 Å².